The van der Waals surface area contributed by atoms with Crippen molar-refractivity contribution in [2.75, 3.05) is 7.11 Å². The molecule has 0 fully saturated rings. The lowest BCUT2D eigenvalue weighted by Crippen LogP contribution is -2.45. The van der Waals surface area contributed by atoms with Gasteiger partial charge in [0.15, 0.2) is 11.5 Å². The van der Waals surface area contributed by atoms with Crippen molar-refractivity contribution >= 4 is 11.6 Å². The van der Waals surface area contributed by atoms with Crippen molar-refractivity contribution in [1.82, 2.24) is 20.4 Å². The molecule has 8 nitrogen and oxygen atoms in total. The molecule has 2 N–H and O–H groups in total. The van der Waals surface area contributed by atoms with Gasteiger partial charge in [-0.25, -0.2) is 4.79 Å². The van der Waals surface area contributed by atoms with Gasteiger partial charge in [-0.15, -0.1) is 0 Å². The number of aromatic hydroxyl groups is 1. The molecule has 5 rings (SSSR count). The van der Waals surface area contributed by atoms with Gasteiger partial charge in [0.2, 0.25) is 5.82 Å². The molecule has 0 spiro atoms. The van der Waals surface area contributed by atoms with Gasteiger partial charge >= 0.3 is 6.03 Å². The fraction of sp³-hybridized carbons (Fsp3) is 0.207. The van der Waals surface area contributed by atoms with Crippen molar-refractivity contribution in [2.45, 2.75) is 33.4 Å². The van der Waals surface area contributed by atoms with Gasteiger partial charge in [0.05, 0.1) is 25.3 Å². The van der Waals surface area contributed by atoms with Crippen LogP contribution in [0.2, 0.25) is 0 Å². The highest BCUT2D eigenvalue weighted by atomic mass is 16.5. The molecule has 1 atom stereocenters. The smallest absolute Gasteiger partial charge is 0.322 e. The van der Waals surface area contributed by atoms with E-state index in [1.54, 1.807) is 23.1 Å². The molecule has 4 aromatic rings. The first-order chi connectivity index (χ1) is 17.9. The van der Waals surface area contributed by atoms with Gasteiger partial charge in [-0.1, -0.05) is 59.3 Å². The number of allylic oxidation sites excluding steroid dienone is 1. The molecule has 2 heterocycles. The Morgan fingerprint density at radius 1 is 1.05 bits per heavy atom. The van der Waals surface area contributed by atoms with E-state index >= 15 is 0 Å². The number of nitrogens with one attached hydrogen (secondary N) is 1. The first-order valence-corrected chi connectivity index (χ1v) is 12.0. The lowest BCUT2D eigenvalue weighted by Gasteiger charge is -2.35. The number of ether oxygens (including phenoxy) is 1. The van der Waals surface area contributed by atoms with Crippen LogP contribution in [0.3, 0.4) is 0 Å². The van der Waals surface area contributed by atoms with Crippen LogP contribution < -0.4 is 10.1 Å². The fourth-order valence-corrected chi connectivity index (χ4v) is 4.58. The van der Waals surface area contributed by atoms with E-state index in [1.165, 1.54) is 7.11 Å². The molecule has 1 unspecified atom stereocenters. The van der Waals surface area contributed by atoms with Crippen molar-refractivity contribution in [3.05, 3.63) is 101 Å². The van der Waals surface area contributed by atoms with Gasteiger partial charge in [-0.3, -0.25) is 4.90 Å². The molecule has 0 saturated carbocycles. The Bertz CT molecular complexity index is 1510. The van der Waals surface area contributed by atoms with Crippen LogP contribution in [0.5, 0.6) is 11.5 Å². The van der Waals surface area contributed by atoms with Crippen molar-refractivity contribution in [1.29, 1.82) is 0 Å². The Balaban J connectivity index is 1.62. The monoisotopic (exact) mass is 496 g/mol. The number of amides is 2. The van der Waals surface area contributed by atoms with Crippen LogP contribution in [0.25, 0.3) is 17.0 Å². The molecule has 0 aliphatic carbocycles. The molecular formula is C29H28N4O4. The number of carbonyl (C=O) groups is 1. The molecule has 1 aromatic heterocycles. The minimum absolute atomic E-state index is 0.0282. The van der Waals surface area contributed by atoms with Crippen LogP contribution in [0.15, 0.2) is 77.0 Å². The van der Waals surface area contributed by atoms with Crippen molar-refractivity contribution in [2.24, 2.45) is 0 Å². The minimum Gasteiger partial charge on any atom is -0.504 e. The predicted octanol–water partition coefficient (Wildman–Crippen LogP) is 5.77. The van der Waals surface area contributed by atoms with E-state index in [1.807, 2.05) is 69.3 Å². The summed E-state index contributed by atoms with van der Waals surface area (Å²) in [5, 5.41) is 17.8. The zero-order valence-electron chi connectivity index (χ0n) is 21.1. The van der Waals surface area contributed by atoms with Gasteiger partial charge < -0.3 is 19.7 Å². The third-order valence-corrected chi connectivity index (χ3v) is 6.65. The van der Waals surface area contributed by atoms with Crippen LogP contribution in [0.1, 0.15) is 41.1 Å². The zero-order valence-corrected chi connectivity index (χ0v) is 21.1. The summed E-state index contributed by atoms with van der Waals surface area (Å²) >= 11 is 0. The van der Waals surface area contributed by atoms with E-state index < -0.39 is 6.04 Å². The van der Waals surface area contributed by atoms with E-state index in [0.717, 1.165) is 22.3 Å². The summed E-state index contributed by atoms with van der Waals surface area (Å²) in [6.45, 7) is 6.28. The highest BCUT2D eigenvalue weighted by Gasteiger charge is 2.36. The maximum atomic E-state index is 13.4. The third kappa shape index (κ3) is 4.65. The van der Waals surface area contributed by atoms with Gasteiger partial charge in [-0.2, -0.15) is 4.98 Å². The molecule has 1 aliphatic rings. The van der Waals surface area contributed by atoms with E-state index in [-0.39, 0.29) is 11.8 Å². The van der Waals surface area contributed by atoms with E-state index in [0.29, 0.717) is 40.8 Å². The maximum Gasteiger partial charge on any atom is 0.322 e. The minimum atomic E-state index is -0.622. The summed E-state index contributed by atoms with van der Waals surface area (Å²) in [5.74, 6) is 1.06. The lowest BCUT2D eigenvalue weighted by atomic mass is 9.94. The third-order valence-electron chi connectivity index (χ3n) is 6.65. The standard InChI is InChI=1S/C29H28N4O4/c1-17-8-7-11-21(14-17)27-31-28(37-32-27)25-19(3)33(16-22-10-6-5-9-18(22)2)29(35)30-26(25)20-12-13-24(36-4)23(34)15-20/h5-15,26,34H,16H2,1-4H3,(H,30,35). The lowest BCUT2D eigenvalue weighted by molar-refractivity contribution is 0.203. The van der Waals surface area contributed by atoms with Crippen LogP contribution >= 0.6 is 0 Å². The molecule has 2 amide bonds. The number of phenolic OH excluding ortho intramolecular Hbond substituents is 1. The number of hydrogen-bond acceptors (Lipinski definition) is 6. The van der Waals surface area contributed by atoms with Gasteiger partial charge in [0.25, 0.3) is 5.89 Å². The van der Waals surface area contributed by atoms with Gasteiger partial charge in [-0.05, 0) is 55.7 Å². The molecule has 1 aliphatic heterocycles. The van der Waals surface area contributed by atoms with E-state index in [2.05, 4.69) is 10.5 Å². The number of urea groups is 1. The molecular weight excluding hydrogens is 468 g/mol. The second kappa shape index (κ2) is 9.81. The number of aryl methyl sites for hydroxylation is 2. The topological polar surface area (TPSA) is 101 Å². The molecule has 0 radical (unpaired) electrons. The zero-order chi connectivity index (χ0) is 26.1. The van der Waals surface area contributed by atoms with Crippen LogP contribution in [0.4, 0.5) is 4.79 Å². The number of benzene rings is 3. The maximum absolute atomic E-state index is 13.4. The quantitative estimate of drug-likeness (QED) is 0.352. The molecule has 0 saturated heterocycles. The average molecular weight is 497 g/mol. The number of hydrogen-bond donors (Lipinski definition) is 2. The number of nitrogens with zero attached hydrogens (tertiary/aromatic N) is 3. The molecule has 0 bridgehead atoms. The summed E-state index contributed by atoms with van der Waals surface area (Å²) in [6.07, 6.45) is 0. The Morgan fingerprint density at radius 3 is 2.59 bits per heavy atom. The van der Waals surface area contributed by atoms with Crippen LogP contribution in [-0.2, 0) is 6.54 Å². The Labute approximate surface area is 215 Å². The van der Waals surface area contributed by atoms with Crippen molar-refractivity contribution < 1.29 is 19.2 Å². The van der Waals surface area contributed by atoms with E-state index in [4.69, 9.17) is 14.2 Å². The van der Waals surface area contributed by atoms with Crippen molar-refractivity contribution in [3.8, 4) is 22.9 Å². The normalized spacial score (nSPS) is 15.6. The number of carbonyl (C=O) groups excluding carboxylic acids is 1. The number of rotatable bonds is 6. The van der Waals surface area contributed by atoms with Crippen LogP contribution in [-0.4, -0.2) is 33.3 Å². The number of phenols is 1. The summed E-state index contributed by atoms with van der Waals surface area (Å²) in [6, 6.07) is 20.0. The first kappa shape index (κ1) is 24.1. The van der Waals surface area contributed by atoms with Crippen molar-refractivity contribution in [3.63, 3.8) is 0 Å². The first-order valence-electron chi connectivity index (χ1n) is 12.0. The average Bonchev–Trinajstić information content (AvgIpc) is 3.37. The highest BCUT2D eigenvalue weighted by molar-refractivity contribution is 5.87. The van der Waals surface area contributed by atoms with Gasteiger partial charge in [0.1, 0.15) is 0 Å². The number of methoxy groups -OCH3 is 1. The predicted molar refractivity (Wildman–Crippen MR) is 140 cm³/mol. The fourth-order valence-electron chi connectivity index (χ4n) is 4.58. The molecule has 3 aromatic carbocycles. The molecule has 8 heteroatoms. The highest BCUT2D eigenvalue weighted by Crippen LogP contribution is 2.40. The molecule has 188 valence electrons. The van der Waals surface area contributed by atoms with Crippen LogP contribution in [0, 0.1) is 13.8 Å². The summed E-state index contributed by atoms with van der Waals surface area (Å²) in [7, 11) is 1.49. The summed E-state index contributed by atoms with van der Waals surface area (Å²) < 4.78 is 11.0. The number of aromatic nitrogens is 2. The Hall–Kier alpha value is -4.59. The Kier molecular flexibility index (Phi) is 6.40. The van der Waals surface area contributed by atoms with E-state index in [9.17, 15) is 9.90 Å². The second-order valence-corrected chi connectivity index (χ2v) is 9.12. The molecule has 37 heavy (non-hydrogen) atoms. The largest absolute Gasteiger partial charge is 0.504 e. The summed E-state index contributed by atoms with van der Waals surface area (Å²) in [4.78, 5) is 19.8. The second-order valence-electron chi connectivity index (χ2n) is 9.12. The van der Waals surface area contributed by atoms with Gasteiger partial charge in [0, 0.05) is 11.3 Å². The Morgan fingerprint density at radius 2 is 1.86 bits per heavy atom. The summed E-state index contributed by atoms with van der Waals surface area (Å²) in [5.41, 5.74) is 6.04. The SMILES string of the molecule is COc1ccc(C2NC(=O)N(Cc3ccccc3C)C(C)=C2c2nc(-c3cccc(C)c3)no2)cc1O.